The number of fused-ring (bicyclic) bond motifs is 1. The van der Waals surface area contributed by atoms with E-state index in [1.165, 1.54) is 11.8 Å². The molecule has 0 saturated carbocycles. The van der Waals surface area contributed by atoms with E-state index in [1.54, 1.807) is 26.5 Å². The van der Waals surface area contributed by atoms with Crippen LogP contribution in [0, 0.1) is 13.8 Å². The maximum absolute atomic E-state index is 12.6. The van der Waals surface area contributed by atoms with Gasteiger partial charge in [0.25, 0.3) is 0 Å². The zero-order chi connectivity index (χ0) is 22.7. The van der Waals surface area contributed by atoms with Gasteiger partial charge in [-0.3, -0.25) is 4.79 Å². The SMILES string of the molecule is COc1c(C)cc(/C(=C\CCc2nnc(C)o2)c2ccc3oncc3c2)cc1C(=O)SC. The summed E-state index contributed by atoms with van der Waals surface area (Å²) in [6, 6.07) is 9.86. The lowest BCUT2D eigenvalue weighted by Gasteiger charge is -2.15. The first-order valence-corrected chi connectivity index (χ1v) is 11.3. The number of rotatable bonds is 7. The van der Waals surface area contributed by atoms with E-state index in [1.807, 2.05) is 37.3 Å². The van der Waals surface area contributed by atoms with Crippen LogP contribution in [0.2, 0.25) is 0 Å². The Morgan fingerprint density at radius 2 is 2.00 bits per heavy atom. The van der Waals surface area contributed by atoms with E-state index in [0.717, 1.165) is 33.2 Å². The third-order valence-corrected chi connectivity index (χ3v) is 5.72. The lowest BCUT2D eigenvalue weighted by molar-refractivity contribution is 0.108. The molecule has 2 aromatic heterocycles. The molecule has 164 valence electrons. The van der Waals surface area contributed by atoms with E-state index in [9.17, 15) is 4.79 Å². The standard InChI is InChI=1S/C24H23N3O4S/c1-14-10-17(12-20(23(14)29-3)24(28)32-4)19(6-5-7-22-27-26-15(2)30-22)16-8-9-21-18(11-16)13-25-31-21/h6,8-13H,5,7H2,1-4H3/b19-6-. The highest BCUT2D eigenvalue weighted by Gasteiger charge is 2.18. The molecule has 2 heterocycles. The zero-order valence-corrected chi connectivity index (χ0v) is 19.2. The molecule has 0 aliphatic rings. The van der Waals surface area contributed by atoms with Crippen LogP contribution in [0.25, 0.3) is 16.5 Å². The fourth-order valence-corrected chi connectivity index (χ4v) is 4.05. The van der Waals surface area contributed by atoms with Gasteiger partial charge >= 0.3 is 0 Å². The van der Waals surface area contributed by atoms with Crippen LogP contribution < -0.4 is 4.74 Å². The summed E-state index contributed by atoms with van der Waals surface area (Å²) in [5.74, 6) is 1.74. The molecule has 0 fully saturated rings. The zero-order valence-electron chi connectivity index (χ0n) is 18.3. The molecule has 0 spiro atoms. The predicted molar refractivity (Wildman–Crippen MR) is 124 cm³/mol. The summed E-state index contributed by atoms with van der Waals surface area (Å²) < 4.78 is 16.3. The molecule has 4 rings (SSSR count). The Morgan fingerprint density at radius 3 is 2.72 bits per heavy atom. The summed E-state index contributed by atoms with van der Waals surface area (Å²) in [6.45, 7) is 3.72. The summed E-state index contributed by atoms with van der Waals surface area (Å²) >= 11 is 1.17. The summed E-state index contributed by atoms with van der Waals surface area (Å²) in [6.07, 6.45) is 6.90. The van der Waals surface area contributed by atoms with E-state index < -0.39 is 0 Å². The average molecular weight is 450 g/mol. The second-order valence-corrected chi connectivity index (χ2v) is 8.09. The molecule has 0 amide bonds. The van der Waals surface area contributed by atoms with Crippen LogP contribution in [0.3, 0.4) is 0 Å². The van der Waals surface area contributed by atoms with Crippen molar-refractivity contribution in [1.82, 2.24) is 15.4 Å². The average Bonchev–Trinajstić information content (AvgIpc) is 3.43. The van der Waals surface area contributed by atoms with Crippen molar-refractivity contribution in [3.63, 3.8) is 0 Å². The smallest absolute Gasteiger partial charge is 0.222 e. The number of aromatic nitrogens is 3. The van der Waals surface area contributed by atoms with Crippen molar-refractivity contribution in [1.29, 1.82) is 0 Å². The predicted octanol–water partition coefficient (Wildman–Crippen LogP) is 5.40. The maximum Gasteiger partial charge on any atom is 0.222 e. The topological polar surface area (TPSA) is 91.2 Å². The summed E-state index contributed by atoms with van der Waals surface area (Å²) in [4.78, 5) is 12.6. The van der Waals surface area contributed by atoms with Gasteiger partial charge in [0.05, 0.1) is 18.9 Å². The third-order valence-electron chi connectivity index (χ3n) is 5.13. The Hall–Kier alpha value is -3.39. The van der Waals surface area contributed by atoms with Gasteiger partial charge in [0.1, 0.15) is 5.75 Å². The molecule has 0 saturated heterocycles. The Balaban J connectivity index is 1.80. The minimum Gasteiger partial charge on any atom is -0.496 e. The van der Waals surface area contributed by atoms with Crippen molar-refractivity contribution in [2.45, 2.75) is 26.7 Å². The first kappa shape index (κ1) is 21.8. The molecule has 7 nitrogen and oxygen atoms in total. The normalized spacial score (nSPS) is 11.8. The summed E-state index contributed by atoms with van der Waals surface area (Å²) in [5, 5.41) is 12.7. The molecule has 0 radical (unpaired) electrons. The van der Waals surface area contributed by atoms with Gasteiger partial charge in [0.2, 0.25) is 16.9 Å². The highest BCUT2D eigenvalue weighted by molar-refractivity contribution is 8.13. The number of thioether (sulfide) groups is 1. The maximum atomic E-state index is 12.6. The number of aryl methyl sites for hydroxylation is 3. The number of ether oxygens (including phenoxy) is 1. The van der Waals surface area contributed by atoms with Crippen molar-refractivity contribution in [3.05, 3.63) is 76.6 Å². The monoisotopic (exact) mass is 449 g/mol. The minimum atomic E-state index is -0.0398. The number of carbonyl (C=O) groups excluding carboxylic acids is 1. The second kappa shape index (κ2) is 9.40. The molecule has 32 heavy (non-hydrogen) atoms. The number of carbonyl (C=O) groups is 1. The van der Waals surface area contributed by atoms with Gasteiger partial charge in [-0.2, -0.15) is 0 Å². The highest BCUT2D eigenvalue weighted by atomic mass is 32.2. The number of hydrogen-bond donors (Lipinski definition) is 0. The van der Waals surface area contributed by atoms with E-state index in [4.69, 9.17) is 13.7 Å². The van der Waals surface area contributed by atoms with E-state index >= 15 is 0 Å². The molecular formula is C24H23N3O4S. The highest BCUT2D eigenvalue weighted by Crippen LogP contribution is 2.34. The molecule has 8 heteroatoms. The Kier molecular flexibility index (Phi) is 6.41. The van der Waals surface area contributed by atoms with E-state index in [0.29, 0.717) is 35.9 Å². The number of benzene rings is 2. The molecule has 0 unspecified atom stereocenters. The van der Waals surface area contributed by atoms with Crippen LogP contribution >= 0.6 is 11.8 Å². The number of methoxy groups -OCH3 is 1. The number of allylic oxidation sites excluding steroid dienone is 1. The first-order valence-electron chi connectivity index (χ1n) is 10.1. The van der Waals surface area contributed by atoms with Crippen molar-refractivity contribution in [3.8, 4) is 5.75 Å². The number of nitrogens with zero attached hydrogens (tertiary/aromatic N) is 3. The van der Waals surface area contributed by atoms with Gasteiger partial charge in [-0.05, 0) is 66.1 Å². The van der Waals surface area contributed by atoms with Crippen molar-refractivity contribution in [2.75, 3.05) is 13.4 Å². The molecule has 2 aromatic carbocycles. The van der Waals surface area contributed by atoms with Crippen LogP contribution in [0.5, 0.6) is 5.75 Å². The molecule has 0 atom stereocenters. The van der Waals surface area contributed by atoms with Crippen LogP contribution in [-0.2, 0) is 6.42 Å². The third kappa shape index (κ3) is 4.45. The molecular weight excluding hydrogens is 426 g/mol. The van der Waals surface area contributed by atoms with Crippen molar-refractivity contribution in [2.24, 2.45) is 0 Å². The van der Waals surface area contributed by atoms with Gasteiger partial charge in [0, 0.05) is 18.7 Å². The van der Waals surface area contributed by atoms with Crippen molar-refractivity contribution >= 4 is 33.4 Å². The van der Waals surface area contributed by atoms with Gasteiger partial charge in [-0.1, -0.05) is 29.1 Å². The minimum absolute atomic E-state index is 0.0398. The van der Waals surface area contributed by atoms with E-state index in [-0.39, 0.29) is 5.12 Å². The van der Waals surface area contributed by atoms with Gasteiger partial charge in [-0.25, -0.2) is 0 Å². The van der Waals surface area contributed by atoms with Crippen molar-refractivity contribution < 1.29 is 18.5 Å². The molecule has 4 aromatic rings. The van der Waals surface area contributed by atoms with Crippen LogP contribution in [0.15, 0.2) is 51.5 Å². The number of hydrogen-bond acceptors (Lipinski definition) is 8. The van der Waals surface area contributed by atoms with Gasteiger partial charge < -0.3 is 13.7 Å². The van der Waals surface area contributed by atoms with Crippen LogP contribution in [-0.4, -0.2) is 33.8 Å². The molecule has 0 bridgehead atoms. The Labute approximate surface area is 189 Å². The first-order chi connectivity index (χ1) is 15.5. The molecule has 0 N–H and O–H groups in total. The van der Waals surface area contributed by atoms with Crippen LogP contribution in [0.1, 0.15) is 45.3 Å². The fraction of sp³-hybridized carbons (Fsp3) is 0.250. The molecule has 0 aliphatic carbocycles. The lowest BCUT2D eigenvalue weighted by Crippen LogP contribution is -2.02. The second-order valence-electron chi connectivity index (χ2n) is 7.32. The quantitative estimate of drug-likeness (QED) is 0.370. The molecule has 0 aliphatic heterocycles. The van der Waals surface area contributed by atoms with Crippen LogP contribution in [0.4, 0.5) is 0 Å². The van der Waals surface area contributed by atoms with Gasteiger partial charge in [-0.15, -0.1) is 10.2 Å². The lowest BCUT2D eigenvalue weighted by atomic mass is 9.92. The fourth-order valence-electron chi connectivity index (χ4n) is 3.68. The Morgan fingerprint density at radius 1 is 1.16 bits per heavy atom. The summed E-state index contributed by atoms with van der Waals surface area (Å²) in [7, 11) is 1.59. The Bertz CT molecular complexity index is 1310. The van der Waals surface area contributed by atoms with E-state index in [2.05, 4.69) is 21.4 Å². The van der Waals surface area contributed by atoms with Gasteiger partial charge in [0.15, 0.2) is 5.58 Å². The summed E-state index contributed by atoms with van der Waals surface area (Å²) in [5.41, 5.74) is 5.09. The largest absolute Gasteiger partial charge is 0.496 e.